The van der Waals surface area contributed by atoms with Crippen molar-refractivity contribution in [2.75, 3.05) is 37.6 Å². The van der Waals surface area contributed by atoms with Gasteiger partial charge in [0, 0.05) is 32.2 Å². The molecule has 88 valence electrons. The van der Waals surface area contributed by atoms with E-state index in [-0.39, 0.29) is 0 Å². The number of rotatable bonds is 2. The van der Waals surface area contributed by atoms with Crippen LogP contribution in [0.15, 0.2) is 6.07 Å². The lowest BCUT2D eigenvalue weighted by molar-refractivity contribution is 0.271. The van der Waals surface area contributed by atoms with Crippen molar-refractivity contribution < 1.29 is 0 Å². The quantitative estimate of drug-likeness (QED) is 0.814. The molecule has 0 N–H and O–H groups in total. The van der Waals surface area contributed by atoms with Crippen molar-refractivity contribution in [2.45, 2.75) is 6.92 Å². The molecule has 0 radical (unpaired) electrons. The zero-order valence-electron chi connectivity index (χ0n) is 9.16. The monoisotopic (exact) mass is 260 g/mol. The molecule has 0 atom stereocenters. The van der Waals surface area contributed by atoms with Crippen LogP contribution in [0, 0.1) is 0 Å². The van der Waals surface area contributed by atoms with Crippen molar-refractivity contribution in [3.05, 3.63) is 16.4 Å². The molecule has 1 aliphatic rings. The van der Waals surface area contributed by atoms with Crippen LogP contribution in [0.2, 0.25) is 10.3 Å². The van der Waals surface area contributed by atoms with Gasteiger partial charge in [-0.05, 0) is 6.54 Å². The van der Waals surface area contributed by atoms with Crippen LogP contribution in [0.3, 0.4) is 0 Å². The van der Waals surface area contributed by atoms with Crippen LogP contribution in [0.4, 0.5) is 5.69 Å². The predicted octanol–water partition coefficient (Wildman–Crippen LogP) is 1.93. The third-order valence-corrected chi connectivity index (χ3v) is 3.31. The number of piperazine rings is 1. The van der Waals surface area contributed by atoms with Gasteiger partial charge >= 0.3 is 0 Å². The highest BCUT2D eigenvalue weighted by Crippen LogP contribution is 2.26. The van der Waals surface area contributed by atoms with Crippen LogP contribution in [-0.4, -0.2) is 47.8 Å². The van der Waals surface area contributed by atoms with Crippen LogP contribution in [-0.2, 0) is 0 Å². The normalized spacial score (nSPS) is 17.8. The average Bonchev–Trinajstić information content (AvgIpc) is 2.32. The molecule has 1 fully saturated rings. The number of hydrogen-bond acceptors (Lipinski definition) is 4. The summed E-state index contributed by atoms with van der Waals surface area (Å²) in [5, 5.41) is 8.34. The zero-order valence-corrected chi connectivity index (χ0v) is 10.7. The molecule has 1 aromatic heterocycles. The standard InChI is InChI=1S/C10H14Cl2N4/c1-2-15-3-5-16(6-4-15)8-7-9(11)13-14-10(8)12/h7H,2-6H2,1H3. The molecule has 0 amide bonds. The highest BCUT2D eigenvalue weighted by Gasteiger charge is 2.18. The summed E-state index contributed by atoms with van der Waals surface area (Å²) in [6.45, 7) is 7.27. The molecule has 0 aliphatic carbocycles. The largest absolute Gasteiger partial charge is 0.366 e. The van der Waals surface area contributed by atoms with Gasteiger partial charge in [0.05, 0.1) is 5.69 Å². The maximum atomic E-state index is 6.01. The number of hydrogen-bond donors (Lipinski definition) is 0. The molecule has 4 nitrogen and oxygen atoms in total. The van der Waals surface area contributed by atoms with Crippen LogP contribution in [0.1, 0.15) is 6.92 Å². The van der Waals surface area contributed by atoms with E-state index in [2.05, 4.69) is 26.9 Å². The first-order chi connectivity index (χ1) is 7.70. The van der Waals surface area contributed by atoms with E-state index in [1.807, 2.05) is 0 Å². The minimum atomic E-state index is 0.386. The first-order valence-electron chi connectivity index (χ1n) is 5.36. The summed E-state index contributed by atoms with van der Waals surface area (Å²) in [7, 11) is 0. The molecule has 0 aromatic carbocycles. The van der Waals surface area contributed by atoms with E-state index in [9.17, 15) is 0 Å². The van der Waals surface area contributed by atoms with E-state index in [4.69, 9.17) is 23.2 Å². The number of aromatic nitrogens is 2. The maximum absolute atomic E-state index is 6.01. The predicted molar refractivity (Wildman–Crippen MR) is 66.4 cm³/mol. The van der Waals surface area contributed by atoms with Gasteiger partial charge in [-0.2, -0.15) is 0 Å². The Balaban J connectivity index is 2.10. The van der Waals surface area contributed by atoms with Crippen molar-refractivity contribution in [2.24, 2.45) is 0 Å². The van der Waals surface area contributed by atoms with Crippen molar-refractivity contribution in [1.82, 2.24) is 15.1 Å². The van der Waals surface area contributed by atoms with E-state index < -0.39 is 0 Å². The summed E-state index contributed by atoms with van der Waals surface area (Å²) in [5.74, 6) is 0. The summed E-state index contributed by atoms with van der Waals surface area (Å²) in [6.07, 6.45) is 0. The third kappa shape index (κ3) is 2.56. The molecular weight excluding hydrogens is 247 g/mol. The minimum Gasteiger partial charge on any atom is -0.366 e. The Morgan fingerprint density at radius 3 is 2.50 bits per heavy atom. The fourth-order valence-electron chi connectivity index (χ4n) is 1.87. The Labute approximate surface area is 105 Å². The van der Waals surface area contributed by atoms with Gasteiger partial charge in [0.15, 0.2) is 10.3 Å². The van der Waals surface area contributed by atoms with Gasteiger partial charge in [-0.1, -0.05) is 30.1 Å². The number of nitrogens with zero attached hydrogens (tertiary/aromatic N) is 4. The van der Waals surface area contributed by atoms with E-state index in [1.165, 1.54) is 0 Å². The lowest BCUT2D eigenvalue weighted by atomic mass is 10.3. The summed E-state index contributed by atoms with van der Waals surface area (Å²) in [5.41, 5.74) is 0.886. The van der Waals surface area contributed by atoms with Crippen molar-refractivity contribution in [3.63, 3.8) is 0 Å². The second kappa shape index (κ2) is 5.17. The summed E-state index contributed by atoms with van der Waals surface area (Å²) in [6, 6.07) is 1.78. The lowest BCUT2D eigenvalue weighted by Gasteiger charge is -2.35. The zero-order chi connectivity index (χ0) is 11.5. The van der Waals surface area contributed by atoms with E-state index in [1.54, 1.807) is 6.07 Å². The molecule has 0 saturated carbocycles. The topological polar surface area (TPSA) is 32.3 Å². The van der Waals surface area contributed by atoms with Gasteiger partial charge in [0.2, 0.25) is 0 Å². The smallest absolute Gasteiger partial charge is 0.175 e. The molecule has 2 rings (SSSR count). The molecule has 1 aromatic rings. The fraction of sp³-hybridized carbons (Fsp3) is 0.600. The number of halogens is 2. The van der Waals surface area contributed by atoms with Crippen LogP contribution >= 0.6 is 23.2 Å². The molecule has 2 heterocycles. The van der Waals surface area contributed by atoms with E-state index in [0.29, 0.717) is 10.3 Å². The summed E-state index contributed by atoms with van der Waals surface area (Å²) >= 11 is 11.8. The Hall–Kier alpha value is -0.580. The fourth-order valence-corrected chi connectivity index (χ4v) is 2.22. The van der Waals surface area contributed by atoms with Gasteiger partial charge in [-0.25, -0.2) is 0 Å². The second-order valence-corrected chi connectivity index (χ2v) is 4.51. The maximum Gasteiger partial charge on any atom is 0.175 e. The SMILES string of the molecule is CCN1CCN(c2cc(Cl)nnc2Cl)CC1. The number of anilines is 1. The van der Waals surface area contributed by atoms with Crippen molar-refractivity contribution in [3.8, 4) is 0 Å². The summed E-state index contributed by atoms with van der Waals surface area (Å²) < 4.78 is 0. The molecule has 0 unspecified atom stereocenters. The van der Waals surface area contributed by atoms with Gasteiger partial charge in [-0.3, -0.25) is 0 Å². The van der Waals surface area contributed by atoms with Gasteiger partial charge in [-0.15, -0.1) is 10.2 Å². The van der Waals surface area contributed by atoms with Crippen LogP contribution in [0.5, 0.6) is 0 Å². The van der Waals surface area contributed by atoms with E-state index >= 15 is 0 Å². The lowest BCUT2D eigenvalue weighted by Crippen LogP contribution is -2.46. The van der Waals surface area contributed by atoms with Crippen molar-refractivity contribution >= 4 is 28.9 Å². The second-order valence-electron chi connectivity index (χ2n) is 3.76. The highest BCUT2D eigenvalue weighted by atomic mass is 35.5. The van der Waals surface area contributed by atoms with Gasteiger partial charge < -0.3 is 9.80 Å². The Kier molecular flexibility index (Phi) is 3.84. The first kappa shape index (κ1) is 11.9. The third-order valence-electron chi connectivity index (χ3n) is 2.86. The molecule has 16 heavy (non-hydrogen) atoms. The molecular formula is C10H14Cl2N4. The van der Waals surface area contributed by atoms with Crippen molar-refractivity contribution in [1.29, 1.82) is 0 Å². The summed E-state index contributed by atoms with van der Waals surface area (Å²) in [4.78, 5) is 4.61. The van der Waals surface area contributed by atoms with E-state index in [0.717, 1.165) is 38.4 Å². The Morgan fingerprint density at radius 1 is 1.19 bits per heavy atom. The van der Waals surface area contributed by atoms with Crippen LogP contribution in [0.25, 0.3) is 0 Å². The van der Waals surface area contributed by atoms with Crippen LogP contribution < -0.4 is 4.90 Å². The molecule has 0 bridgehead atoms. The molecule has 1 aliphatic heterocycles. The minimum absolute atomic E-state index is 0.386. The Morgan fingerprint density at radius 2 is 1.88 bits per heavy atom. The Bertz CT molecular complexity index is 364. The number of likely N-dealkylation sites (N-methyl/N-ethyl adjacent to an activating group) is 1. The average molecular weight is 261 g/mol. The molecule has 6 heteroatoms. The van der Waals surface area contributed by atoms with Gasteiger partial charge in [0.1, 0.15) is 0 Å². The first-order valence-corrected chi connectivity index (χ1v) is 6.12. The highest BCUT2D eigenvalue weighted by molar-refractivity contribution is 6.33. The van der Waals surface area contributed by atoms with Gasteiger partial charge in [0.25, 0.3) is 0 Å². The molecule has 1 saturated heterocycles. The molecule has 0 spiro atoms.